The molecule has 1 aromatic rings. The molecule has 2 heterocycles. The van der Waals surface area contributed by atoms with Crippen molar-refractivity contribution in [1.82, 2.24) is 10.2 Å². The quantitative estimate of drug-likeness (QED) is 0.871. The fourth-order valence-corrected chi connectivity index (χ4v) is 4.05. The lowest BCUT2D eigenvalue weighted by molar-refractivity contribution is -0.131. The lowest BCUT2D eigenvalue weighted by atomic mass is 10.0. The number of hydrogen-bond donors (Lipinski definition) is 2. The van der Waals surface area contributed by atoms with Gasteiger partial charge in [-0.15, -0.1) is 11.8 Å². The predicted octanol–water partition coefficient (Wildman–Crippen LogP) is 2.18. The van der Waals surface area contributed by atoms with Gasteiger partial charge < -0.3 is 15.5 Å². The summed E-state index contributed by atoms with van der Waals surface area (Å²) in [6.07, 6.45) is 1.15. The zero-order valence-electron chi connectivity index (χ0n) is 12.8. The van der Waals surface area contributed by atoms with Crippen LogP contribution in [-0.2, 0) is 9.59 Å². The van der Waals surface area contributed by atoms with Crippen molar-refractivity contribution >= 4 is 40.9 Å². The summed E-state index contributed by atoms with van der Waals surface area (Å²) in [5.41, 5.74) is 0.743. The molecule has 2 atom stereocenters. The zero-order chi connectivity index (χ0) is 16.2. The van der Waals surface area contributed by atoms with E-state index in [0.717, 1.165) is 30.3 Å². The Labute approximate surface area is 145 Å². The van der Waals surface area contributed by atoms with Gasteiger partial charge in [0, 0.05) is 29.4 Å². The predicted molar refractivity (Wildman–Crippen MR) is 93.6 cm³/mol. The minimum Gasteiger partial charge on any atom is -0.331 e. The van der Waals surface area contributed by atoms with Crippen LogP contribution >= 0.6 is 23.4 Å². The molecule has 0 saturated carbocycles. The fraction of sp³-hybridized carbons (Fsp3) is 0.500. The van der Waals surface area contributed by atoms with E-state index in [9.17, 15) is 9.59 Å². The molecular weight excluding hydrogens is 334 g/mol. The van der Waals surface area contributed by atoms with Crippen LogP contribution in [0.2, 0.25) is 5.02 Å². The van der Waals surface area contributed by atoms with Crippen molar-refractivity contribution in [3.63, 3.8) is 0 Å². The van der Waals surface area contributed by atoms with E-state index in [1.165, 1.54) is 0 Å². The maximum absolute atomic E-state index is 12.3. The summed E-state index contributed by atoms with van der Waals surface area (Å²) in [5.74, 6) is 2.16. The molecule has 2 fully saturated rings. The van der Waals surface area contributed by atoms with Crippen LogP contribution in [-0.4, -0.2) is 47.5 Å². The lowest BCUT2D eigenvalue weighted by Gasteiger charge is -2.19. The van der Waals surface area contributed by atoms with Crippen LogP contribution in [0.1, 0.15) is 12.8 Å². The van der Waals surface area contributed by atoms with Gasteiger partial charge in [0.05, 0.1) is 11.9 Å². The highest BCUT2D eigenvalue weighted by molar-refractivity contribution is 7.99. The van der Waals surface area contributed by atoms with Crippen molar-refractivity contribution < 1.29 is 9.59 Å². The van der Waals surface area contributed by atoms with Crippen molar-refractivity contribution in [3.05, 3.63) is 29.3 Å². The molecule has 0 radical (unpaired) electrons. The molecule has 2 amide bonds. The Morgan fingerprint density at radius 1 is 1.35 bits per heavy atom. The molecule has 23 heavy (non-hydrogen) atoms. The van der Waals surface area contributed by atoms with E-state index in [2.05, 4.69) is 10.6 Å². The highest BCUT2D eigenvalue weighted by atomic mass is 35.5. The van der Waals surface area contributed by atoms with Crippen molar-refractivity contribution in [3.8, 4) is 0 Å². The van der Waals surface area contributed by atoms with Gasteiger partial charge in [-0.2, -0.15) is 0 Å². The van der Waals surface area contributed by atoms with Crippen molar-refractivity contribution in [2.75, 3.05) is 30.0 Å². The number of carbonyl (C=O) groups is 2. The Balaban J connectivity index is 1.46. The van der Waals surface area contributed by atoms with E-state index in [1.54, 1.807) is 36.0 Å². The number of nitrogens with zero attached hydrogens (tertiary/aromatic N) is 1. The molecule has 5 nitrogen and oxygen atoms in total. The monoisotopic (exact) mass is 353 g/mol. The first-order chi connectivity index (χ1) is 11.1. The number of rotatable bonds is 4. The van der Waals surface area contributed by atoms with E-state index < -0.39 is 0 Å². The van der Waals surface area contributed by atoms with E-state index in [4.69, 9.17) is 11.6 Å². The Kier molecular flexibility index (Phi) is 5.46. The minimum atomic E-state index is -0.137. The molecule has 0 aromatic heterocycles. The van der Waals surface area contributed by atoms with Gasteiger partial charge in [-0.25, -0.2) is 0 Å². The fourth-order valence-electron chi connectivity index (χ4n) is 2.97. The van der Waals surface area contributed by atoms with Gasteiger partial charge in [0.15, 0.2) is 0 Å². The first-order valence-corrected chi connectivity index (χ1v) is 9.30. The molecule has 124 valence electrons. The summed E-state index contributed by atoms with van der Waals surface area (Å²) in [6.45, 7) is 1.55. The molecule has 0 spiro atoms. The van der Waals surface area contributed by atoms with Crippen LogP contribution in [0.15, 0.2) is 24.3 Å². The summed E-state index contributed by atoms with van der Waals surface area (Å²) < 4.78 is 0. The van der Waals surface area contributed by atoms with Gasteiger partial charge in [0.2, 0.25) is 11.8 Å². The summed E-state index contributed by atoms with van der Waals surface area (Å²) >= 11 is 7.61. The second kappa shape index (κ2) is 7.55. The Bertz CT molecular complexity index is 575. The van der Waals surface area contributed by atoms with Gasteiger partial charge in [-0.3, -0.25) is 9.59 Å². The van der Waals surface area contributed by atoms with Gasteiger partial charge in [0.25, 0.3) is 0 Å². The highest BCUT2D eigenvalue weighted by Gasteiger charge is 2.34. The Morgan fingerprint density at radius 2 is 2.13 bits per heavy atom. The number of hydrogen-bond acceptors (Lipinski definition) is 4. The molecule has 1 aromatic carbocycles. The largest absolute Gasteiger partial charge is 0.331 e. The first kappa shape index (κ1) is 16.6. The van der Waals surface area contributed by atoms with Crippen molar-refractivity contribution in [1.29, 1.82) is 0 Å². The van der Waals surface area contributed by atoms with Gasteiger partial charge in [-0.05, 0) is 43.1 Å². The lowest BCUT2D eigenvalue weighted by Crippen LogP contribution is -2.42. The van der Waals surface area contributed by atoms with E-state index in [-0.39, 0.29) is 23.8 Å². The SMILES string of the molecule is O=C(CC1CNC(C(=O)N2CCSC2)C1)Nc1ccc(Cl)cc1. The van der Waals surface area contributed by atoms with Gasteiger partial charge in [-0.1, -0.05) is 11.6 Å². The van der Waals surface area contributed by atoms with Crippen LogP contribution < -0.4 is 10.6 Å². The maximum atomic E-state index is 12.3. The molecule has 2 unspecified atom stereocenters. The number of anilines is 1. The van der Waals surface area contributed by atoms with Crippen LogP contribution in [0.4, 0.5) is 5.69 Å². The molecular formula is C16H20ClN3O2S. The molecule has 2 saturated heterocycles. The molecule has 2 N–H and O–H groups in total. The van der Waals surface area contributed by atoms with Crippen LogP contribution in [0.5, 0.6) is 0 Å². The summed E-state index contributed by atoms with van der Waals surface area (Å²) in [7, 11) is 0. The number of benzene rings is 1. The highest BCUT2D eigenvalue weighted by Crippen LogP contribution is 2.23. The van der Waals surface area contributed by atoms with Crippen LogP contribution in [0.3, 0.4) is 0 Å². The summed E-state index contributed by atoms with van der Waals surface area (Å²) in [4.78, 5) is 26.4. The average molecular weight is 354 g/mol. The van der Waals surface area contributed by atoms with Crippen molar-refractivity contribution in [2.45, 2.75) is 18.9 Å². The third-order valence-corrected chi connectivity index (χ3v) is 5.40. The third-order valence-electron chi connectivity index (χ3n) is 4.19. The van der Waals surface area contributed by atoms with Gasteiger partial charge >= 0.3 is 0 Å². The average Bonchev–Trinajstić information content (AvgIpc) is 3.20. The Hall–Kier alpha value is -1.24. The van der Waals surface area contributed by atoms with E-state index in [0.29, 0.717) is 18.0 Å². The topological polar surface area (TPSA) is 61.4 Å². The minimum absolute atomic E-state index is 0.0241. The molecule has 7 heteroatoms. The number of nitrogens with one attached hydrogen (secondary N) is 2. The van der Waals surface area contributed by atoms with Crippen LogP contribution in [0, 0.1) is 5.92 Å². The second-order valence-corrected chi connectivity index (χ2v) is 7.47. The van der Waals surface area contributed by atoms with Crippen molar-refractivity contribution in [2.24, 2.45) is 5.92 Å². The number of thioether (sulfide) groups is 1. The standard InChI is InChI=1S/C16H20ClN3O2S/c17-12-1-3-13(4-2-12)19-15(21)8-11-7-14(18-9-11)16(22)20-5-6-23-10-20/h1-4,11,14,18H,5-10H2,(H,19,21). The maximum Gasteiger partial charge on any atom is 0.240 e. The second-order valence-electron chi connectivity index (χ2n) is 5.96. The summed E-state index contributed by atoms with van der Waals surface area (Å²) in [6, 6.07) is 6.92. The Morgan fingerprint density at radius 3 is 2.83 bits per heavy atom. The third kappa shape index (κ3) is 4.40. The molecule has 0 bridgehead atoms. The number of amides is 2. The normalized spacial score (nSPS) is 24.0. The van der Waals surface area contributed by atoms with E-state index >= 15 is 0 Å². The first-order valence-electron chi connectivity index (χ1n) is 7.77. The molecule has 2 aliphatic heterocycles. The van der Waals surface area contributed by atoms with Gasteiger partial charge in [0.1, 0.15) is 0 Å². The van der Waals surface area contributed by atoms with Crippen LogP contribution in [0.25, 0.3) is 0 Å². The molecule has 2 aliphatic rings. The number of halogens is 1. The smallest absolute Gasteiger partial charge is 0.240 e. The molecule has 3 rings (SSSR count). The summed E-state index contributed by atoms with van der Waals surface area (Å²) in [5, 5.41) is 6.78. The number of carbonyl (C=O) groups excluding carboxylic acids is 2. The van der Waals surface area contributed by atoms with E-state index in [1.807, 2.05) is 4.90 Å². The molecule has 0 aliphatic carbocycles. The zero-order valence-corrected chi connectivity index (χ0v) is 14.3.